The molecule has 0 radical (unpaired) electrons. The van der Waals surface area contributed by atoms with Crippen LogP contribution in [0.2, 0.25) is 0 Å². The standard InChI is InChI=1S/C20H21N5O4/c1-13-20(14(2)23(3)22-13)18(26)7-5-15-6-8-19(29-4)16(9-15)11-24-12-17(10-21-24)25(27)28/h5-10,12H,11H2,1-4H3/b7-5+. The Morgan fingerprint density at radius 2 is 2.10 bits per heavy atom. The first-order valence-corrected chi connectivity index (χ1v) is 8.86. The number of hydrogen-bond acceptors (Lipinski definition) is 6. The molecule has 9 nitrogen and oxygen atoms in total. The monoisotopic (exact) mass is 395 g/mol. The molecule has 29 heavy (non-hydrogen) atoms. The average Bonchev–Trinajstić information content (AvgIpc) is 3.24. The highest BCUT2D eigenvalue weighted by Gasteiger charge is 2.15. The number of carbonyl (C=O) groups is 1. The fraction of sp³-hybridized carbons (Fsp3) is 0.250. The van der Waals surface area contributed by atoms with Crippen molar-refractivity contribution in [3.05, 3.63) is 74.9 Å². The second-order valence-corrected chi connectivity index (χ2v) is 6.59. The molecule has 0 fully saturated rings. The Hall–Kier alpha value is -3.75. The van der Waals surface area contributed by atoms with E-state index < -0.39 is 4.92 Å². The Balaban J connectivity index is 1.84. The summed E-state index contributed by atoms with van der Waals surface area (Å²) in [6, 6.07) is 5.48. The summed E-state index contributed by atoms with van der Waals surface area (Å²) in [5.74, 6) is 0.513. The number of ether oxygens (including phenoxy) is 1. The zero-order chi connectivity index (χ0) is 21.1. The van der Waals surface area contributed by atoms with Crippen molar-refractivity contribution in [1.82, 2.24) is 19.6 Å². The number of benzene rings is 1. The summed E-state index contributed by atoms with van der Waals surface area (Å²) in [6.07, 6.45) is 5.80. The predicted octanol–water partition coefficient (Wildman–Crippen LogP) is 3.09. The van der Waals surface area contributed by atoms with Crippen LogP contribution in [-0.2, 0) is 13.6 Å². The molecular formula is C20H21N5O4. The molecule has 0 N–H and O–H groups in total. The van der Waals surface area contributed by atoms with E-state index in [4.69, 9.17) is 4.74 Å². The van der Waals surface area contributed by atoms with E-state index in [9.17, 15) is 14.9 Å². The normalized spacial score (nSPS) is 11.2. The molecule has 0 saturated heterocycles. The fourth-order valence-electron chi connectivity index (χ4n) is 3.12. The third-order valence-corrected chi connectivity index (χ3v) is 4.65. The zero-order valence-electron chi connectivity index (χ0n) is 16.6. The molecule has 0 aliphatic carbocycles. The minimum Gasteiger partial charge on any atom is -0.496 e. The van der Waals surface area contributed by atoms with Crippen molar-refractivity contribution in [3.63, 3.8) is 0 Å². The molecule has 0 unspecified atom stereocenters. The summed E-state index contributed by atoms with van der Waals surface area (Å²) < 4.78 is 8.53. The van der Waals surface area contributed by atoms with Crippen LogP contribution in [0, 0.1) is 24.0 Å². The first-order valence-electron chi connectivity index (χ1n) is 8.86. The van der Waals surface area contributed by atoms with Gasteiger partial charge in [0, 0.05) is 18.3 Å². The number of ketones is 1. The molecule has 2 aromatic heterocycles. The van der Waals surface area contributed by atoms with Crippen LogP contribution in [0.1, 0.15) is 32.9 Å². The Morgan fingerprint density at radius 3 is 2.69 bits per heavy atom. The largest absolute Gasteiger partial charge is 0.496 e. The van der Waals surface area contributed by atoms with Crippen LogP contribution in [0.3, 0.4) is 0 Å². The van der Waals surface area contributed by atoms with Gasteiger partial charge in [0.15, 0.2) is 5.78 Å². The second kappa shape index (κ2) is 8.09. The van der Waals surface area contributed by atoms with Gasteiger partial charge in [-0.2, -0.15) is 10.2 Å². The van der Waals surface area contributed by atoms with E-state index in [-0.39, 0.29) is 11.5 Å². The molecule has 0 aliphatic rings. The molecule has 2 heterocycles. The Kier molecular flexibility index (Phi) is 5.58. The van der Waals surface area contributed by atoms with Crippen molar-refractivity contribution in [2.75, 3.05) is 7.11 Å². The van der Waals surface area contributed by atoms with Crippen LogP contribution in [0.5, 0.6) is 5.75 Å². The summed E-state index contributed by atoms with van der Waals surface area (Å²) in [6.45, 7) is 3.96. The van der Waals surface area contributed by atoms with Gasteiger partial charge in [-0.05, 0) is 37.6 Å². The molecule has 150 valence electrons. The maximum atomic E-state index is 12.6. The van der Waals surface area contributed by atoms with E-state index in [2.05, 4.69) is 10.2 Å². The van der Waals surface area contributed by atoms with E-state index in [1.165, 1.54) is 23.2 Å². The van der Waals surface area contributed by atoms with Gasteiger partial charge in [-0.15, -0.1) is 0 Å². The Bertz CT molecular complexity index is 1110. The third-order valence-electron chi connectivity index (χ3n) is 4.65. The quantitative estimate of drug-likeness (QED) is 0.263. The van der Waals surface area contributed by atoms with Gasteiger partial charge in [-0.1, -0.05) is 12.1 Å². The van der Waals surface area contributed by atoms with Crippen LogP contribution in [-0.4, -0.2) is 37.4 Å². The lowest BCUT2D eigenvalue weighted by Gasteiger charge is -2.09. The van der Waals surface area contributed by atoms with Crippen LogP contribution < -0.4 is 4.74 Å². The van der Waals surface area contributed by atoms with Gasteiger partial charge in [-0.25, -0.2) is 0 Å². The highest BCUT2D eigenvalue weighted by atomic mass is 16.6. The predicted molar refractivity (Wildman–Crippen MR) is 107 cm³/mol. The summed E-state index contributed by atoms with van der Waals surface area (Å²) in [7, 11) is 3.36. The Morgan fingerprint density at radius 1 is 1.34 bits per heavy atom. The van der Waals surface area contributed by atoms with Crippen molar-refractivity contribution in [2.24, 2.45) is 7.05 Å². The SMILES string of the molecule is COc1ccc(/C=C/C(=O)c2c(C)nn(C)c2C)cc1Cn1cc([N+](=O)[O-])cn1. The fourth-order valence-corrected chi connectivity index (χ4v) is 3.12. The van der Waals surface area contributed by atoms with Crippen LogP contribution in [0.15, 0.2) is 36.7 Å². The topological polar surface area (TPSA) is 105 Å². The van der Waals surface area contributed by atoms with Crippen LogP contribution in [0.25, 0.3) is 6.08 Å². The van der Waals surface area contributed by atoms with Crippen molar-refractivity contribution in [3.8, 4) is 5.75 Å². The van der Waals surface area contributed by atoms with Crippen molar-refractivity contribution >= 4 is 17.5 Å². The van der Waals surface area contributed by atoms with Gasteiger partial charge in [0.1, 0.15) is 18.1 Å². The summed E-state index contributed by atoms with van der Waals surface area (Å²) in [5, 5.41) is 19.1. The molecular weight excluding hydrogens is 374 g/mol. The number of aromatic nitrogens is 4. The van der Waals surface area contributed by atoms with Crippen molar-refractivity contribution in [1.29, 1.82) is 0 Å². The van der Waals surface area contributed by atoms with Gasteiger partial charge in [0.25, 0.3) is 0 Å². The molecule has 0 aliphatic heterocycles. The zero-order valence-corrected chi connectivity index (χ0v) is 16.6. The van der Waals surface area contributed by atoms with Gasteiger partial charge < -0.3 is 4.74 Å². The summed E-state index contributed by atoms with van der Waals surface area (Å²) in [5.41, 5.74) is 3.61. The smallest absolute Gasteiger partial charge is 0.307 e. The summed E-state index contributed by atoms with van der Waals surface area (Å²) >= 11 is 0. The lowest BCUT2D eigenvalue weighted by Crippen LogP contribution is -2.03. The first kappa shape index (κ1) is 20.0. The number of nitrogens with zero attached hydrogens (tertiary/aromatic N) is 5. The number of methoxy groups -OCH3 is 1. The van der Waals surface area contributed by atoms with Gasteiger partial charge in [0.2, 0.25) is 0 Å². The van der Waals surface area contributed by atoms with Gasteiger partial charge in [-0.3, -0.25) is 24.3 Å². The first-order chi connectivity index (χ1) is 13.8. The number of nitro groups is 1. The van der Waals surface area contributed by atoms with Crippen molar-refractivity contribution in [2.45, 2.75) is 20.4 Å². The number of allylic oxidation sites excluding steroid dienone is 1. The third kappa shape index (κ3) is 4.23. The number of hydrogen-bond donors (Lipinski definition) is 0. The molecule has 0 atom stereocenters. The number of rotatable bonds is 7. The molecule has 1 aromatic carbocycles. The van der Waals surface area contributed by atoms with Gasteiger partial charge >= 0.3 is 5.69 Å². The molecule has 9 heteroatoms. The van der Waals surface area contributed by atoms with E-state index in [1.807, 2.05) is 26.0 Å². The van der Waals surface area contributed by atoms with E-state index in [0.717, 1.165) is 16.8 Å². The number of aryl methyl sites for hydroxylation is 2. The molecule has 3 rings (SSSR count). The van der Waals surface area contributed by atoms with Crippen LogP contribution in [0.4, 0.5) is 5.69 Å². The molecule has 3 aromatic rings. The minimum absolute atomic E-state index is 0.0761. The second-order valence-electron chi connectivity index (χ2n) is 6.59. The molecule has 0 spiro atoms. The highest BCUT2D eigenvalue weighted by molar-refractivity contribution is 6.08. The van der Waals surface area contributed by atoms with Crippen LogP contribution >= 0.6 is 0 Å². The molecule has 0 saturated carbocycles. The Labute approximate surface area is 167 Å². The van der Waals surface area contributed by atoms with E-state index in [1.54, 1.807) is 31.0 Å². The molecule has 0 amide bonds. The maximum absolute atomic E-state index is 12.6. The maximum Gasteiger partial charge on any atom is 0.307 e. The number of carbonyl (C=O) groups excluding carboxylic acids is 1. The summed E-state index contributed by atoms with van der Waals surface area (Å²) in [4.78, 5) is 22.9. The average molecular weight is 395 g/mol. The van der Waals surface area contributed by atoms with Gasteiger partial charge in [0.05, 0.1) is 29.8 Å². The van der Waals surface area contributed by atoms with Crippen molar-refractivity contribution < 1.29 is 14.5 Å². The lowest BCUT2D eigenvalue weighted by atomic mass is 10.1. The van der Waals surface area contributed by atoms with E-state index in [0.29, 0.717) is 23.6 Å². The molecule has 0 bridgehead atoms. The lowest BCUT2D eigenvalue weighted by molar-refractivity contribution is -0.385. The van der Waals surface area contributed by atoms with E-state index >= 15 is 0 Å². The minimum atomic E-state index is -0.492. The highest BCUT2D eigenvalue weighted by Crippen LogP contribution is 2.23.